The summed E-state index contributed by atoms with van der Waals surface area (Å²) in [7, 11) is -0.880. The number of likely N-dealkylation sites (tertiary alicyclic amines) is 1. The van der Waals surface area contributed by atoms with Gasteiger partial charge in [-0.1, -0.05) is 64.4 Å². The fraction of sp³-hybridized carbons (Fsp3) is 0.667. The first-order chi connectivity index (χ1) is 16.5. The van der Waals surface area contributed by atoms with Gasteiger partial charge >= 0.3 is 0 Å². The molecular formula is C27H41N2O4SSi. The molecule has 2 aliphatic rings. The summed E-state index contributed by atoms with van der Waals surface area (Å²) in [5.41, 5.74) is 0.468. The van der Waals surface area contributed by atoms with Crippen LogP contribution in [0.15, 0.2) is 29.2 Å². The number of rotatable bonds is 8. The van der Waals surface area contributed by atoms with Crippen LogP contribution in [-0.2, 0) is 14.0 Å². The third-order valence-corrected chi connectivity index (χ3v) is 9.12. The molecule has 0 saturated carbocycles. The van der Waals surface area contributed by atoms with Gasteiger partial charge in [0.2, 0.25) is 14.9 Å². The maximum Gasteiger partial charge on any atom is 0.255 e. The summed E-state index contributed by atoms with van der Waals surface area (Å²) in [6.07, 6.45) is 4.36. The summed E-state index contributed by atoms with van der Waals surface area (Å²) in [5, 5.41) is 2.97. The first-order valence-corrected chi connectivity index (χ1v) is 16.1. The molecule has 2 fully saturated rings. The molecule has 6 nitrogen and oxygen atoms in total. The molecule has 2 amide bonds. The molecule has 1 radical (unpaired) electrons. The third kappa shape index (κ3) is 6.98. The van der Waals surface area contributed by atoms with Gasteiger partial charge in [0.1, 0.15) is 0 Å². The summed E-state index contributed by atoms with van der Waals surface area (Å²) >= 11 is 1.13. The molecule has 0 aliphatic carbocycles. The van der Waals surface area contributed by atoms with Crippen LogP contribution in [0.25, 0.3) is 0 Å². The SMILES string of the molecule is C[C@@H](C(=O)Sc1ccccc1C(=O)N1CCCCCC1)[C@H]1NC(=O)[C@H]1[C@@H](CO[Si](C)C)C(C)(C)C. The Morgan fingerprint density at radius 2 is 1.77 bits per heavy atom. The predicted octanol–water partition coefficient (Wildman–Crippen LogP) is 5.00. The third-order valence-electron chi connectivity index (χ3n) is 7.23. The molecule has 1 N–H and O–H groups in total. The van der Waals surface area contributed by atoms with E-state index in [2.05, 4.69) is 39.2 Å². The normalized spacial score (nSPS) is 22.7. The summed E-state index contributed by atoms with van der Waals surface area (Å²) < 4.78 is 6.02. The summed E-state index contributed by atoms with van der Waals surface area (Å²) in [4.78, 5) is 42.0. The van der Waals surface area contributed by atoms with E-state index in [4.69, 9.17) is 4.43 Å². The van der Waals surface area contributed by atoms with Gasteiger partial charge in [-0.3, -0.25) is 14.4 Å². The van der Waals surface area contributed by atoms with Crippen molar-refractivity contribution in [2.75, 3.05) is 19.7 Å². The van der Waals surface area contributed by atoms with Crippen molar-refractivity contribution in [1.29, 1.82) is 0 Å². The molecule has 0 unspecified atom stereocenters. The lowest BCUT2D eigenvalue weighted by atomic mass is 9.65. The Kier molecular flexibility index (Phi) is 9.63. The molecule has 1 aromatic carbocycles. The maximum atomic E-state index is 13.4. The van der Waals surface area contributed by atoms with Gasteiger partial charge in [-0.05, 0) is 49.4 Å². The van der Waals surface area contributed by atoms with Gasteiger partial charge in [0.25, 0.3) is 5.91 Å². The van der Waals surface area contributed by atoms with Crippen LogP contribution in [0.2, 0.25) is 13.1 Å². The summed E-state index contributed by atoms with van der Waals surface area (Å²) in [6, 6.07) is 7.18. The molecule has 35 heavy (non-hydrogen) atoms. The van der Waals surface area contributed by atoms with Crippen LogP contribution in [-0.4, -0.2) is 56.6 Å². The number of hydrogen-bond donors (Lipinski definition) is 1. The second-order valence-corrected chi connectivity index (χ2v) is 14.3. The lowest BCUT2D eigenvalue weighted by Gasteiger charge is -2.48. The van der Waals surface area contributed by atoms with Gasteiger partial charge in [-0.2, -0.15) is 0 Å². The molecule has 4 atom stereocenters. The zero-order valence-electron chi connectivity index (χ0n) is 22.1. The van der Waals surface area contributed by atoms with Gasteiger partial charge < -0.3 is 14.6 Å². The highest BCUT2D eigenvalue weighted by molar-refractivity contribution is 8.13. The number of β-lactam (4-membered cyclic amide) rings is 1. The van der Waals surface area contributed by atoms with Gasteiger partial charge in [0, 0.05) is 30.5 Å². The van der Waals surface area contributed by atoms with Crippen molar-refractivity contribution in [2.24, 2.45) is 23.2 Å². The summed E-state index contributed by atoms with van der Waals surface area (Å²) in [5.74, 6) is -0.599. The smallest absolute Gasteiger partial charge is 0.255 e. The van der Waals surface area contributed by atoms with Crippen molar-refractivity contribution in [3.8, 4) is 0 Å². The fourth-order valence-electron chi connectivity index (χ4n) is 4.96. The van der Waals surface area contributed by atoms with Crippen molar-refractivity contribution in [1.82, 2.24) is 10.2 Å². The first kappa shape index (κ1) is 27.9. The van der Waals surface area contributed by atoms with E-state index in [0.717, 1.165) is 50.5 Å². The van der Waals surface area contributed by atoms with Crippen LogP contribution in [0.1, 0.15) is 63.7 Å². The molecule has 193 valence electrons. The first-order valence-electron chi connectivity index (χ1n) is 12.8. The van der Waals surface area contributed by atoms with Crippen LogP contribution >= 0.6 is 11.8 Å². The average Bonchev–Trinajstić information content (AvgIpc) is 3.08. The number of benzene rings is 1. The maximum absolute atomic E-state index is 13.4. The highest BCUT2D eigenvalue weighted by atomic mass is 32.2. The van der Waals surface area contributed by atoms with E-state index in [1.807, 2.05) is 36.1 Å². The zero-order chi connectivity index (χ0) is 25.8. The van der Waals surface area contributed by atoms with Gasteiger partial charge in [0.05, 0.1) is 17.5 Å². The molecular weight excluding hydrogens is 476 g/mol. The molecule has 8 heteroatoms. The highest BCUT2D eigenvalue weighted by Crippen LogP contribution is 2.41. The van der Waals surface area contributed by atoms with Gasteiger partial charge in [-0.25, -0.2) is 0 Å². The lowest BCUT2D eigenvalue weighted by Crippen LogP contribution is -2.66. The van der Waals surface area contributed by atoms with E-state index >= 15 is 0 Å². The minimum Gasteiger partial charge on any atom is -0.417 e. The molecule has 0 bridgehead atoms. The number of carbonyl (C=O) groups is 3. The van der Waals surface area contributed by atoms with E-state index in [9.17, 15) is 14.4 Å². The Labute approximate surface area is 216 Å². The highest BCUT2D eigenvalue weighted by Gasteiger charge is 2.51. The van der Waals surface area contributed by atoms with E-state index in [1.54, 1.807) is 0 Å². The Balaban J connectivity index is 1.73. The minimum atomic E-state index is -0.880. The molecule has 2 aliphatic heterocycles. The second-order valence-electron chi connectivity index (χ2n) is 11.2. The Bertz CT molecular complexity index is 909. The van der Waals surface area contributed by atoms with Crippen molar-refractivity contribution in [2.45, 2.75) is 77.4 Å². The van der Waals surface area contributed by atoms with Crippen molar-refractivity contribution in [3.63, 3.8) is 0 Å². The number of carbonyl (C=O) groups excluding carboxylic acids is 3. The van der Waals surface area contributed by atoms with Crippen LogP contribution in [0.4, 0.5) is 0 Å². The Hall–Kier alpha value is -1.64. The zero-order valence-corrected chi connectivity index (χ0v) is 23.9. The number of hydrogen-bond acceptors (Lipinski definition) is 5. The lowest BCUT2D eigenvalue weighted by molar-refractivity contribution is -0.145. The monoisotopic (exact) mass is 517 g/mol. The van der Waals surface area contributed by atoms with E-state index < -0.39 is 9.04 Å². The second kappa shape index (κ2) is 12.1. The predicted molar refractivity (Wildman–Crippen MR) is 143 cm³/mol. The Morgan fingerprint density at radius 3 is 2.34 bits per heavy atom. The molecule has 1 aromatic rings. The molecule has 0 spiro atoms. The van der Waals surface area contributed by atoms with Gasteiger partial charge in [0.15, 0.2) is 5.12 Å². The number of thioether (sulfide) groups is 1. The molecule has 0 aromatic heterocycles. The van der Waals surface area contributed by atoms with E-state index in [0.29, 0.717) is 17.1 Å². The number of amides is 2. The quantitative estimate of drug-likeness (QED) is 0.298. The fourth-order valence-corrected chi connectivity index (χ4v) is 6.43. The van der Waals surface area contributed by atoms with Crippen molar-refractivity contribution >= 4 is 37.7 Å². The molecule has 2 saturated heterocycles. The Morgan fingerprint density at radius 1 is 1.14 bits per heavy atom. The van der Waals surface area contributed by atoms with E-state index in [1.165, 1.54) is 0 Å². The van der Waals surface area contributed by atoms with Crippen LogP contribution in [0.3, 0.4) is 0 Å². The van der Waals surface area contributed by atoms with Crippen LogP contribution in [0.5, 0.6) is 0 Å². The van der Waals surface area contributed by atoms with Crippen LogP contribution < -0.4 is 5.32 Å². The average molecular weight is 518 g/mol. The largest absolute Gasteiger partial charge is 0.417 e. The minimum absolute atomic E-state index is 0.000829. The standard InChI is InChI=1S/C27H41N2O4SSi/c1-18(23-22(24(30)28-23)20(27(2,3)4)17-33-35(5)6)26(32)34-21-14-10-9-13-19(21)25(31)29-15-11-7-8-12-16-29/h9-10,13-14,18,20,22-23H,7-8,11-12,15-17H2,1-6H3,(H,28,30)/t18-,20-,22+,23-/m1/s1. The number of nitrogens with one attached hydrogen (secondary N) is 1. The molecule has 3 rings (SSSR count). The van der Waals surface area contributed by atoms with Crippen molar-refractivity contribution < 1.29 is 18.8 Å². The summed E-state index contributed by atoms with van der Waals surface area (Å²) in [6.45, 7) is 14.5. The topological polar surface area (TPSA) is 75.7 Å². The number of nitrogens with zero attached hydrogens (tertiary/aromatic N) is 1. The molecule has 2 heterocycles. The van der Waals surface area contributed by atoms with Crippen LogP contribution in [0, 0.1) is 23.2 Å². The van der Waals surface area contributed by atoms with Gasteiger partial charge in [-0.15, -0.1) is 0 Å². The van der Waals surface area contributed by atoms with E-state index in [-0.39, 0.29) is 46.1 Å². The van der Waals surface area contributed by atoms with Crippen molar-refractivity contribution in [3.05, 3.63) is 29.8 Å².